The molecule has 21 heavy (non-hydrogen) atoms. The Morgan fingerprint density at radius 2 is 2.24 bits per heavy atom. The first-order valence-corrected chi connectivity index (χ1v) is 6.89. The maximum Gasteiger partial charge on any atom is 0.255 e. The number of amides is 2. The summed E-state index contributed by atoms with van der Waals surface area (Å²) in [7, 11) is 1.56. The second-order valence-corrected chi connectivity index (χ2v) is 4.95. The minimum atomic E-state index is -0.578. The Kier molecular flexibility index (Phi) is 3.62. The average molecular weight is 287 g/mol. The Hall–Kier alpha value is -2.34. The van der Waals surface area contributed by atoms with Crippen molar-refractivity contribution in [3.05, 3.63) is 36.0 Å². The Balaban J connectivity index is 1.96. The van der Waals surface area contributed by atoms with Crippen molar-refractivity contribution in [2.45, 2.75) is 6.04 Å². The summed E-state index contributed by atoms with van der Waals surface area (Å²) in [6.07, 6.45) is 1.80. The SMILES string of the molecule is CNC(=O)C1COCCN1C(=O)c1cccc2[nH]ccc12. The topological polar surface area (TPSA) is 74.4 Å². The van der Waals surface area contributed by atoms with Gasteiger partial charge in [-0.3, -0.25) is 9.59 Å². The lowest BCUT2D eigenvalue weighted by atomic mass is 10.1. The number of nitrogens with one attached hydrogen (secondary N) is 2. The van der Waals surface area contributed by atoms with Crippen LogP contribution in [0.2, 0.25) is 0 Å². The van der Waals surface area contributed by atoms with E-state index in [-0.39, 0.29) is 18.4 Å². The maximum atomic E-state index is 12.8. The molecule has 1 aromatic heterocycles. The number of aromatic nitrogens is 1. The highest BCUT2D eigenvalue weighted by molar-refractivity contribution is 6.07. The van der Waals surface area contributed by atoms with Crippen LogP contribution >= 0.6 is 0 Å². The molecule has 1 aromatic carbocycles. The second kappa shape index (κ2) is 5.57. The first-order chi connectivity index (χ1) is 10.2. The molecule has 2 N–H and O–H groups in total. The lowest BCUT2D eigenvalue weighted by Gasteiger charge is -2.34. The number of nitrogens with zero attached hydrogens (tertiary/aromatic N) is 1. The van der Waals surface area contributed by atoms with E-state index in [0.29, 0.717) is 18.7 Å². The van der Waals surface area contributed by atoms with Crippen LogP contribution in [0.1, 0.15) is 10.4 Å². The Labute approximate surface area is 122 Å². The van der Waals surface area contributed by atoms with E-state index in [1.807, 2.05) is 18.2 Å². The number of rotatable bonds is 2. The van der Waals surface area contributed by atoms with Gasteiger partial charge in [0.15, 0.2) is 0 Å². The van der Waals surface area contributed by atoms with Crippen LogP contribution in [0.4, 0.5) is 0 Å². The molecule has 1 fully saturated rings. The summed E-state index contributed by atoms with van der Waals surface area (Å²) < 4.78 is 5.33. The van der Waals surface area contributed by atoms with E-state index in [2.05, 4.69) is 10.3 Å². The highest BCUT2D eigenvalue weighted by Gasteiger charge is 2.33. The predicted octanol–water partition coefficient (Wildman–Crippen LogP) is 0.755. The van der Waals surface area contributed by atoms with Crippen LogP contribution in [0.3, 0.4) is 0 Å². The summed E-state index contributed by atoms with van der Waals surface area (Å²) in [4.78, 5) is 29.4. The quantitative estimate of drug-likeness (QED) is 0.856. The lowest BCUT2D eigenvalue weighted by molar-refractivity contribution is -0.130. The van der Waals surface area contributed by atoms with Crippen molar-refractivity contribution >= 4 is 22.7 Å². The Bertz CT molecular complexity index is 680. The summed E-state index contributed by atoms with van der Waals surface area (Å²) >= 11 is 0. The molecule has 0 bridgehead atoms. The minimum Gasteiger partial charge on any atom is -0.377 e. The molecule has 1 aliphatic rings. The average Bonchev–Trinajstić information content (AvgIpc) is 3.02. The number of H-pyrrole nitrogens is 1. The van der Waals surface area contributed by atoms with E-state index in [9.17, 15) is 9.59 Å². The molecule has 6 nitrogen and oxygen atoms in total. The van der Waals surface area contributed by atoms with Gasteiger partial charge in [-0.1, -0.05) is 6.07 Å². The summed E-state index contributed by atoms with van der Waals surface area (Å²) in [6, 6.07) is 6.83. The maximum absolute atomic E-state index is 12.8. The van der Waals surface area contributed by atoms with Gasteiger partial charge in [0.2, 0.25) is 5.91 Å². The van der Waals surface area contributed by atoms with Crippen molar-refractivity contribution in [1.82, 2.24) is 15.2 Å². The van der Waals surface area contributed by atoms with Crippen molar-refractivity contribution in [2.24, 2.45) is 0 Å². The van der Waals surface area contributed by atoms with Crippen molar-refractivity contribution < 1.29 is 14.3 Å². The first kappa shape index (κ1) is 13.6. The normalized spacial score (nSPS) is 18.7. The molecule has 1 atom stereocenters. The van der Waals surface area contributed by atoms with Crippen molar-refractivity contribution in [3.63, 3.8) is 0 Å². The van der Waals surface area contributed by atoms with E-state index >= 15 is 0 Å². The molecule has 3 rings (SSSR count). The molecule has 2 amide bonds. The van der Waals surface area contributed by atoms with Crippen LogP contribution in [0, 0.1) is 0 Å². The predicted molar refractivity (Wildman–Crippen MR) is 78.0 cm³/mol. The van der Waals surface area contributed by atoms with Crippen LogP contribution in [-0.4, -0.2) is 54.5 Å². The summed E-state index contributed by atoms with van der Waals surface area (Å²) in [5, 5.41) is 3.45. The van der Waals surface area contributed by atoms with Crippen molar-refractivity contribution in [3.8, 4) is 0 Å². The summed E-state index contributed by atoms with van der Waals surface area (Å²) in [6.45, 7) is 1.09. The van der Waals surface area contributed by atoms with Gasteiger partial charge in [0.1, 0.15) is 6.04 Å². The molecule has 0 radical (unpaired) electrons. The van der Waals surface area contributed by atoms with Gasteiger partial charge in [-0.05, 0) is 18.2 Å². The van der Waals surface area contributed by atoms with Crippen molar-refractivity contribution in [1.29, 1.82) is 0 Å². The molecule has 1 unspecified atom stereocenters. The van der Waals surface area contributed by atoms with Crippen LogP contribution < -0.4 is 5.32 Å². The number of likely N-dealkylation sites (N-methyl/N-ethyl adjacent to an activating group) is 1. The molecule has 2 heterocycles. The fourth-order valence-electron chi connectivity index (χ4n) is 2.66. The number of benzene rings is 1. The highest BCUT2D eigenvalue weighted by Crippen LogP contribution is 2.21. The molecule has 0 spiro atoms. The molecule has 0 saturated carbocycles. The van der Waals surface area contributed by atoms with E-state index in [1.165, 1.54) is 0 Å². The molecular weight excluding hydrogens is 270 g/mol. The van der Waals surface area contributed by atoms with Crippen LogP contribution in [0.5, 0.6) is 0 Å². The molecule has 1 aliphatic heterocycles. The third-order valence-corrected chi connectivity index (χ3v) is 3.76. The second-order valence-electron chi connectivity index (χ2n) is 4.95. The van der Waals surface area contributed by atoms with Gasteiger partial charge in [0.05, 0.1) is 13.2 Å². The van der Waals surface area contributed by atoms with E-state index in [4.69, 9.17) is 4.74 Å². The highest BCUT2D eigenvalue weighted by atomic mass is 16.5. The van der Waals surface area contributed by atoms with Gasteiger partial charge in [-0.15, -0.1) is 0 Å². The largest absolute Gasteiger partial charge is 0.377 e. The van der Waals surface area contributed by atoms with Crippen LogP contribution in [0.15, 0.2) is 30.5 Å². The van der Waals surface area contributed by atoms with Gasteiger partial charge >= 0.3 is 0 Å². The number of fused-ring (bicyclic) bond motifs is 1. The third-order valence-electron chi connectivity index (χ3n) is 3.76. The number of hydrogen-bond acceptors (Lipinski definition) is 3. The van der Waals surface area contributed by atoms with Crippen LogP contribution in [-0.2, 0) is 9.53 Å². The number of hydrogen-bond donors (Lipinski definition) is 2. The standard InChI is InChI=1S/C15H17N3O3/c1-16-14(19)13-9-21-8-7-18(13)15(20)11-3-2-4-12-10(11)5-6-17-12/h2-6,13,17H,7-9H2,1H3,(H,16,19). The Morgan fingerprint density at radius 1 is 1.38 bits per heavy atom. The number of carbonyl (C=O) groups excluding carboxylic acids is 2. The third kappa shape index (κ3) is 2.38. The summed E-state index contributed by atoms with van der Waals surface area (Å²) in [5.74, 6) is -0.346. The summed E-state index contributed by atoms with van der Waals surface area (Å²) in [5.41, 5.74) is 1.51. The Morgan fingerprint density at radius 3 is 3.05 bits per heavy atom. The molecule has 110 valence electrons. The lowest BCUT2D eigenvalue weighted by Crippen LogP contribution is -2.55. The molecular formula is C15H17N3O3. The first-order valence-electron chi connectivity index (χ1n) is 6.89. The van der Waals surface area contributed by atoms with E-state index in [0.717, 1.165) is 10.9 Å². The molecule has 6 heteroatoms. The zero-order chi connectivity index (χ0) is 14.8. The smallest absolute Gasteiger partial charge is 0.255 e. The van der Waals surface area contributed by atoms with E-state index in [1.54, 1.807) is 24.2 Å². The fraction of sp³-hybridized carbons (Fsp3) is 0.333. The van der Waals surface area contributed by atoms with Gasteiger partial charge in [-0.25, -0.2) is 0 Å². The fourth-order valence-corrected chi connectivity index (χ4v) is 2.66. The minimum absolute atomic E-state index is 0.142. The van der Waals surface area contributed by atoms with Crippen LogP contribution in [0.25, 0.3) is 10.9 Å². The number of aromatic amines is 1. The monoisotopic (exact) mass is 287 g/mol. The number of carbonyl (C=O) groups is 2. The van der Waals surface area contributed by atoms with Gasteiger partial charge in [0, 0.05) is 36.3 Å². The van der Waals surface area contributed by atoms with Gasteiger partial charge < -0.3 is 19.9 Å². The zero-order valence-corrected chi connectivity index (χ0v) is 11.8. The molecule has 1 saturated heterocycles. The van der Waals surface area contributed by atoms with Gasteiger partial charge in [0.25, 0.3) is 5.91 Å². The number of morpholine rings is 1. The van der Waals surface area contributed by atoms with E-state index < -0.39 is 6.04 Å². The molecule has 2 aromatic rings. The zero-order valence-electron chi connectivity index (χ0n) is 11.8. The van der Waals surface area contributed by atoms with Gasteiger partial charge in [-0.2, -0.15) is 0 Å². The van der Waals surface area contributed by atoms with Crippen molar-refractivity contribution in [2.75, 3.05) is 26.8 Å². The molecule has 0 aliphatic carbocycles. The number of ether oxygens (including phenoxy) is 1.